The predicted octanol–water partition coefficient (Wildman–Crippen LogP) is 2.30. The van der Waals surface area contributed by atoms with Gasteiger partial charge in [0.25, 0.3) is 5.69 Å². The topological polar surface area (TPSA) is 118 Å². The van der Waals surface area contributed by atoms with E-state index in [9.17, 15) is 29.3 Å². The molecule has 0 saturated carbocycles. The van der Waals surface area contributed by atoms with Crippen LogP contribution in [0.5, 0.6) is 0 Å². The van der Waals surface area contributed by atoms with Crippen molar-refractivity contribution in [1.29, 1.82) is 0 Å². The minimum absolute atomic E-state index is 0.148. The zero-order valence-electron chi connectivity index (χ0n) is 17.7. The minimum atomic E-state index is -1.70. The lowest BCUT2D eigenvalue weighted by Gasteiger charge is -2.35. The predicted molar refractivity (Wildman–Crippen MR) is 115 cm³/mol. The third-order valence-electron chi connectivity index (χ3n) is 7.71. The monoisotopic (exact) mass is 445 g/mol. The summed E-state index contributed by atoms with van der Waals surface area (Å²) in [5.74, 6) is -3.79. The smallest absolute Gasteiger partial charge is 0.269 e. The number of hydrogen-bond acceptors (Lipinski definition) is 7. The highest BCUT2D eigenvalue weighted by Crippen LogP contribution is 2.57. The van der Waals surface area contributed by atoms with Crippen molar-refractivity contribution in [3.8, 4) is 0 Å². The summed E-state index contributed by atoms with van der Waals surface area (Å²) in [6.45, 7) is 2.07. The summed E-state index contributed by atoms with van der Waals surface area (Å²) < 4.78 is 0. The molecule has 2 aromatic rings. The zero-order valence-corrected chi connectivity index (χ0v) is 17.7. The standard InChI is InChI=1S/C24H19N3O6/c1-12-11-13(27(32)33)8-9-16(12)26-22(30)18-17-7-4-10-25(17)24(19(18)23(26)31)20(28)14-5-2-3-6-15(14)21(24)29/h2-3,5-6,8-9,11,17-19H,4,7,10H2,1H3/t17-,18-,19-/m1/s1. The van der Waals surface area contributed by atoms with Crippen molar-refractivity contribution in [2.45, 2.75) is 31.3 Å². The second-order valence-electron chi connectivity index (χ2n) is 9.12. The minimum Gasteiger partial charge on any atom is -0.291 e. The van der Waals surface area contributed by atoms with Gasteiger partial charge >= 0.3 is 0 Å². The van der Waals surface area contributed by atoms with Crippen LogP contribution in [-0.4, -0.2) is 51.3 Å². The first-order valence-corrected chi connectivity index (χ1v) is 10.9. The van der Waals surface area contributed by atoms with Gasteiger partial charge in [-0.3, -0.25) is 34.2 Å². The number of amides is 2. The van der Waals surface area contributed by atoms with Crippen LogP contribution in [0.4, 0.5) is 11.4 Å². The first-order chi connectivity index (χ1) is 15.8. The average molecular weight is 445 g/mol. The molecule has 4 aliphatic rings. The number of carbonyl (C=O) groups is 4. The molecular formula is C24H19N3O6. The van der Waals surface area contributed by atoms with E-state index in [0.29, 0.717) is 29.7 Å². The van der Waals surface area contributed by atoms with Gasteiger partial charge in [-0.2, -0.15) is 0 Å². The van der Waals surface area contributed by atoms with E-state index in [0.717, 1.165) is 11.3 Å². The summed E-state index contributed by atoms with van der Waals surface area (Å²) in [4.78, 5) is 68.5. The van der Waals surface area contributed by atoms with Crippen LogP contribution in [0.15, 0.2) is 42.5 Å². The van der Waals surface area contributed by atoms with Crippen LogP contribution in [0.25, 0.3) is 0 Å². The van der Waals surface area contributed by atoms with Gasteiger partial charge in [-0.05, 0) is 37.9 Å². The van der Waals surface area contributed by atoms with Crippen molar-refractivity contribution in [2.24, 2.45) is 11.8 Å². The number of nitrogens with zero attached hydrogens (tertiary/aromatic N) is 3. The van der Waals surface area contributed by atoms with E-state index in [1.165, 1.54) is 18.2 Å². The van der Waals surface area contributed by atoms with Crippen LogP contribution < -0.4 is 4.90 Å². The lowest BCUT2D eigenvalue weighted by atomic mass is 9.76. The summed E-state index contributed by atoms with van der Waals surface area (Å²) in [5.41, 5.74) is -0.620. The van der Waals surface area contributed by atoms with Gasteiger partial charge in [0, 0.05) is 29.3 Å². The number of carbonyl (C=O) groups excluding carboxylic acids is 4. The number of fused-ring (bicyclic) bond motifs is 6. The molecule has 1 aliphatic carbocycles. The fourth-order valence-corrected chi connectivity index (χ4v) is 6.48. The van der Waals surface area contributed by atoms with Gasteiger partial charge in [0.05, 0.1) is 22.4 Å². The van der Waals surface area contributed by atoms with E-state index >= 15 is 0 Å². The molecule has 166 valence electrons. The Kier molecular flexibility index (Phi) is 3.87. The highest BCUT2D eigenvalue weighted by molar-refractivity contribution is 6.37. The molecule has 3 aliphatic heterocycles. The molecule has 3 atom stereocenters. The number of aryl methyl sites for hydroxylation is 1. The van der Waals surface area contributed by atoms with Gasteiger partial charge in [-0.25, -0.2) is 4.90 Å². The van der Waals surface area contributed by atoms with E-state index in [1.54, 1.807) is 31.2 Å². The molecule has 0 N–H and O–H groups in total. The molecular weight excluding hydrogens is 426 g/mol. The molecule has 9 heteroatoms. The van der Waals surface area contributed by atoms with E-state index < -0.39 is 45.7 Å². The second-order valence-corrected chi connectivity index (χ2v) is 9.12. The molecule has 33 heavy (non-hydrogen) atoms. The first-order valence-electron chi connectivity index (χ1n) is 10.9. The molecule has 2 amide bonds. The Morgan fingerprint density at radius 3 is 2.27 bits per heavy atom. The Balaban J connectivity index is 1.51. The third-order valence-corrected chi connectivity index (χ3v) is 7.71. The lowest BCUT2D eigenvalue weighted by molar-refractivity contribution is -0.384. The Bertz CT molecular complexity index is 1280. The van der Waals surface area contributed by atoms with Crippen LogP contribution in [-0.2, 0) is 9.59 Å². The number of anilines is 1. The maximum atomic E-state index is 13.8. The molecule has 3 fully saturated rings. The number of non-ortho nitro benzene ring substituents is 1. The summed E-state index contributed by atoms with van der Waals surface area (Å²) in [7, 11) is 0. The molecule has 6 rings (SSSR count). The van der Waals surface area contributed by atoms with Gasteiger partial charge < -0.3 is 0 Å². The Labute approximate surface area is 188 Å². The summed E-state index contributed by atoms with van der Waals surface area (Å²) in [6.07, 6.45) is 1.34. The number of rotatable bonds is 2. The third kappa shape index (κ3) is 2.20. The Morgan fingerprint density at radius 2 is 1.67 bits per heavy atom. The number of hydrogen-bond donors (Lipinski definition) is 0. The number of imide groups is 1. The highest BCUT2D eigenvalue weighted by atomic mass is 16.6. The summed E-state index contributed by atoms with van der Waals surface area (Å²) in [6, 6.07) is 10.1. The van der Waals surface area contributed by atoms with Crippen molar-refractivity contribution < 1.29 is 24.1 Å². The van der Waals surface area contributed by atoms with Crippen LogP contribution in [0, 0.1) is 28.9 Å². The van der Waals surface area contributed by atoms with Gasteiger partial charge in [-0.1, -0.05) is 24.3 Å². The van der Waals surface area contributed by atoms with Crippen molar-refractivity contribution >= 4 is 34.8 Å². The zero-order chi connectivity index (χ0) is 23.2. The SMILES string of the molecule is Cc1cc([N+](=O)[O-])ccc1N1C(=O)[C@@H]2[C@H]3CCCN3C3(C(=O)c4ccccc4C3=O)[C@H]2C1=O. The normalized spacial score (nSPS) is 27.4. The van der Waals surface area contributed by atoms with Crippen LogP contribution >= 0.6 is 0 Å². The maximum Gasteiger partial charge on any atom is 0.269 e. The molecule has 0 unspecified atom stereocenters. The lowest BCUT2D eigenvalue weighted by Crippen LogP contribution is -2.59. The van der Waals surface area contributed by atoms with Gasteiger partial charge in [0.1, 0.15) is 0 Å². The van der Waals surface area contributed by atoms with E-state index in [1.807, 2.05) is 4.90 Å². The Hall–Kier alpha value is -3.72. The number of nitro benzene ring substituents is 1. The molecule has 2 aromatic carbocycles. The average Bonchev–Trinajstić information content (AvgIpc) is 3.49. The molecule has 0 aromatic heterocycles. The number of Topliss-reactive ketones (excluding diaryl/α,β-unsaturated/α-hetero) is 2. The van der Waals surface area contributed by atoms with Crippen LogP contribution in [0.1, 0.15) is 39.1 Å². The van der Waals surface area contributed by atoms with Gasteiger partial charge in [0.2, 0.25) is 11.8 Å². The first kappa shape index (κ1) is 19.9. The van der Waals surface area contributed by atoms with Crippen molar-refractivity contribution in [3.05, 3.63) is 69.3 Å². The molecule has 9 nitrogen and oxygen atoms in total. The second kappa shape index (κ2) is 6.41. The van der Waals surface area contributed by atoms with Crippen LogP contribution in [0.2, 0.25) is 0 Å². The molecule has 0 radical (unpaired) electrons. The Morgan fingerprint density at radius 1 is 1.00 bits per heavy atom. The molecule has 1 spiro atoms. The van der Waals surface area contributed by atoms with Gasteiger partial charge in [-0.15, -0.1) is 0 Å². The number of ketones is 2. The molecule has 0 bridgehead atoms. The fourth-order valence-electron chi connectivity index (χ4n) is 6.48. The molecule has 3 heterocycles. The summed E-state index contributed by atoms with van der Waals surface area (Å²) >= 11 is 0. The van der Waals surface area contributed by atoms with E-state index in [2.05, 4.69) is 0 Å². The highest BCUT2D eigenvalue weighted by Gasteiger charge is 2.76. The molecule has 3 saturated heterocycles. The van der Waals surface area contributed by atoms with E-state index in [-0.39, 0.29) is 17.4 Å². The van der Waals surface area contributed by atoms with Crippen LogP contribution in [0.3, 0.4) is 0 Å². The quantitative estimate of drug-likeness (QED) is 0.301. The number of benzene rings is 2. The van der Waals surface area contributed by atoms with Gasteiger partial charge in [0.15, 0.2) is 17.1 Å². The van der Waals surface area contributed by atoms with E-state index in [4.69, 9.17) is 0 Å². The maximum absolute atomic E-state index is 13.8. The summed E-state index contributed by atoms with van der Waals surface area (Å²) in [5, 5.41) is 11.1. The number of nitro groups is 1. The van der Waals surface area contributed by atoms with Crippen molar-refractivity contribution in [2.75, 3.05) is 11.4 Å². The van der Waals surface area contributed by atoms with Crippen molar-refractivity contribution in [3.63, 3.8) is 0 Å². The van der Waals surface area contributed by atoms with Crippen molar-refractivity contribution in [1.82, 2.24) is 4.90 Å². The fraction of sp³-hybridized carbons (Fsp3) is 0.333. The largest absolute Gasteiger partial charge is 0.291 e.